The summed E-state index contributed by atoms with van der Waals surface area (Å²) in [6.45, 7) is 1.95. The normalized spacial score (nSPS) is 16.6. The van der Waals surface area contributed by atoms with Crippen molar-refractivity contribution in [3.8, 4) is 0 Å². The molecule has 7 heteroatoms. The molecule has 0 atom stereocenters. The first kappa shape index (κ1) is 15.4. The van der Waals surface area contributed by atoms with Gasteiger partial charge in [0.15, 0.2) is 10.9 Å². The Labute approximate surface area is 144 Å². The van der Waals surface area contributed by atoms with Crippen LogP contribution in [-0.4, -0.2) is 32.2 Å². The van der Waals surface area contributed by atoms with E-state index in [-0.39, 0.29) is 11.7 Å². The van der Waals surface area contributed by atoms with Gasteiger partial charge in [0.1, 0.15) is 5.82 Å². The Morgan fingerprint density at radius 3 is 2.96 bits per heavy atom. The second-order valence-corrected chi connectivity index (χ2v) is 7.21. The van der Waals surface area contributed by atoms with E-state index in [2.05, 4.69) is 20.1 Å². The monoisotopic (exact) mass is 342 g/mol. The number of nitrogens with zero attached hydrogens (tertiary/aromatic N) is 3. The van der Waals surface area contributed by atoms with Crippen LogP contribution in [0.3, 0.4) is 0 Å². The number of nitrogens with one attached hydrogen (secondary N) is 1. The molecule has 6 nitrogen and oxygen atoms in total. The SMILES string of the molecule is Cc1nnc(SCC(=O)c2ccc3c(c2)CCC(=O)N3)n1C1CC1. The van der Waals surface area contributed by atoms with Crippen molar-refractivity contribution >= 4 is 29.1 Å². The molecule has 1 fully saturated rings. The summed E-state index contributed by atoms with van der Waals surface area (Å²) in [5.74, 6) is 1.36. The van der Waals surface area contributed by atoms with Crippen molar-refractivity contribution in [1.29, 1.82) is 0 Å². The second kappa shape index (κ2) is 6.05. The molecule has 2 heterocycles. The highest BCUT2D eigenvalue weighted by atomic mass is 32.2. The molecule has 1 aromatic heterocycles. The predicted molar refractivity (Wildman–Crippen MR) is 91.5 cm³/mol. The molecule has 1 aliphatic heterocycles. The van der Waals surface area contributed by atoms with Gasteiger partial charge in [0, 0.05) is 23.7 Å². The van der Waals surface area contributed by atoms with E-state index < -0.39 is 0 Å². The van der Waals surface area contributed by atoms with Crippen molar-refractivity contribution < 1.29 is 9.59 Å². The van der Waals surface area contributed by atoms with Crippen molar-refractivity contribution in [3.05, 3.63) is 35.2 Å². The summed E-state index contributed by atoms with van der Waals surface area (Å²) in [5, 5.41) is 12.0. The number of amides is 1. The minimum atomic E-state index is 0.0342. The van der Waals surface area contributed by atoms with Crippen LogP contribution in [0, 0.1) is 6.92 Å². The Kier molecular flexibility index (Phi) is 3.88. The minimum Gasteiger partial charge on any atom is -0.326 e. The Morgan fingerprint density at radius 1 is 1.33 bits per heavy atom. The number of thioether (sulfide) groups is 1. The number of carbonyl (C=O) groups excluding carboxylic acids is 2. The molecule has 2 aliphatic rings. The number of benzene rings is 1. The molecule has 1 saturated carbocycles. The third-order valence-corrected chi connectivity index (χ3v) is 5.35. The lowest BCUT2D eigenvalue weighted by molar-refractivity contribution is -0.116. The molecule has 1 aromatic carbocycles. The Hall–Kier alpha value is -2.15. The molecule has 0 unspecified atom stereocenters. The van der Waals surface area contributed by atoms with E-state index in [1.807, 2.05) is 19.1 Å². The van der Waals surface area contributed by atoms with Gasteiger partial charge in [-0.3, -0.25) is 9.59 Å². The summed E-state index contributed by atoms with van der Waals surface area (Å²) in [7, 11) is 0. The summed E-state index contributed by atoms with van der Waals surface area (Å²) in [5.41, 5.74) is 2.54. The number of hydrogen-bond donors (Lipinski definition) is 1. The van der Waals surface area contributed by atoms with Gasteiger partial charge < -0.3 is 9.88 Å². The fourth-order valence-corrected chi connectivity index (χ4v) is 3.92. The number of Topliss-reactive ketones (excluding diaryl/α,β-unsaturated/α-hetero) is 1. The lowest BCUT2D eigenvalue weighted by atomic mass is 9.99. The molecule has 124 valence electrons. The summed E-state index contributed by atoms with van der Waals surface area (Å²) >= 11 is 1.45. The molecule has 0 bridgehead atoms. The van der Waals surface area contributed by atoms with E-state index in [1.54, 1.807) is 6.07 Å². The number of aryl methyl sites for hydroxylation is 2. The van der Waals surface area contributed by atoms with E-state index in [9.17, 15) is 9.59 Å². The number of aromatic nitrogens is 3. The number of rotatable bonds is 5. The Balaban J connectivity index is 1.46. The first-order chi connectivity index (χ1) is 11.6. The zero-order chi connectivity index (χ0) is 16.7. The predicted octanol–water partition coefficient (Wildman–Crippen LogP) is 2.78. The van der Waals surface area contributed by atoms with Crippen LogP contribution in [0.1, 0.15) is 47.1 Å². The van der Waals surface area contributed by atoms with Crippen molar-refractivity contribution in [2.45, 2.75) is 43.8 Å². The first-order valence-corrected chi connectivity index (χ1v) is 9.10. The topological polar surface area (TPSA) is 76.9 Å². The van der Waals surface area contributed by atoms with E-state index in [0.29, 0.717) is 30.2 Å². The molecular weight excluding hydrogens is 324 g/mol. The van der Waals surface area contributed by atoms with Gasteiger partial charge in [0.2, 0.25) is 5.91 Å². The molecular formula is C17H18N4O2S. The van der Waals surface area contributed by atoms with Gasteiger partial charge in [0.25, 0.3) is 0 Å². The number of fused-ring (bicyclic) bond motifs is 1. The van der Waals surface area contributed by atoms with E-state index in [4.69, 9.17) is 0 Å². The molecule has 1 aliphatic carbocycles. The van der Waals surface area contributed by atoms with Crippen LogP contribution in [0.15, 0.2) is 23.4 Å². The van der Waals surface area contributed by atoms with Gasteiger partial charge in [-0.25, -0.2) is 0 Å². The molecule has 2 aromatic rings. The van der Waals surface area contributed by atoms with Gasteiger partial charge in [-0.1, -0.05) is 11.8 Å². The van der Waals surface area contributed by atoms with Gasteiger partial charge in [-0.2, -0.15) is 0 Å². The zero-order valence-electron chi connectivity index (χ0n) is 13.4. The molecule has 1 amide bonds. The molecule has 0 spiro atoms. The van der Waals surface area contributed by atoms with Crippen LogP contribution >= 0.6 is 11.8 Å². The standard InChI is InChI=1S/C17H18N4O2S/c1-10-19-20-17(21(10)13-4-5-13)24-9-15(22)12-2-6-14-11(8-12)3-7-16(23)18-14/h2,6,8,13H,3-5,7,9H2,1H3,(H,18,23). The largest absolute Gasteiger partial charge is 0.326 e. The zero-order valence-corrected chi connectivity index (χ0v) is 14.2. The minimum absolute atomic E-state index is 0.0342. The summed E-state index contributed by atoms with van der Waals surface area (Å²) in [6, 6.07) is 6.00. The fourth-order valence-electron chi connectivity index (χ4n) is 2.97. The Morgan fingerprint density at radius 2 is 2.17 bits per heavy atom. The van der Waals surface area contributed by atoms with Crippen LogP contribution in [0.2, 0.25) is 0 Å². The van der Waals surface area contributed by atoms with E-state index in [1.165, 1.54) is 11.8 Å². The maximum absolute atomic E-state index is 12.5. The van der Waals surface area contributed by atoms with Crippen LogP contribution in [0.25, 0.3) is 0 Å². The molecule has 24 heavy (non-hydrogen) atoms. The van der Waals surface area contributed by atoms with Crippen LogP contribution in [0.4, 0.5) is 5.69 Å². The van der Waals surface area contributed by atoms with Crippen molar-refractivity contribution in [2.24, 2.45) is 0 Å². The van der Waals surface area contributed by atoms with Crippen LogP contribution in [0.5, 0.6) is 0 Å². The number of hydrogen-bond acceptors (Lipinski definition) is 5. The number of ketones is 1. The Bertz CT molecular complexity index is 826. The van der Waals surface area contributed by atoms with Crippen molar-refractivity contribution in [3.63, 3.8) is 0 Å². The van der Waals surface area contributed by atoms with Gasteiger partial charge in [-0.15, -0.1) is 10.2 Å². The van der Waals surface area contributed by atoms with Gasteiger partial charge in [0.05, 0.1) is 5.75 Å². The third-order valence-electron chi connectivity index (χ3n) is 4.40. The lowest BCUT2D eigenvalue weighted by Gasteiger charge is -2.17. The highest BCUT2D eigenvalue weighted by Crippen LogP contribution is 2.38. The third kappa shape index (κ3) is 2.96. The quantitative estimate of drug-likeness (QED) is 0.668. The highest BCUT2D eigenvalue weighted by molar-refractivity contribution is 7.99. The molecule has 1 N–H and O–H groups in total. The summed E-state index contributed by atoms with van der Waals surface area (Å²) < 4.78 is 2.14. The van der Waals surface area contributed by atoms with E-state index >= 15 is 0 Å². The maximum Gasteiger partial charge on any atom is 0.224 e. The molecule has 0 saturated heterocycles. The van der Waals surface area contributed by atoms with E-state index in [0.717, 1.165) is 35.1 Å². The number of carbonyl (C=O) groups is 2. The van der Waals surface area contributed by atoms with Crippen LogP contribution in [-0.2, 0) is 11.2 Å². The van der Waals surface area contributed by atoms with Gasteiger partial charge >= 0.3 is 0 Å². The smallest absolute Gasteiger partial charge is 0.224 e. The molecule has 0 radical (unpaired) electrons. The second-order valence-electron chi connectivity index (χ2n) is 6.26. The summed E-state index contributed by atoms with van der Waals surface area (Å²) in [6.07, 6.45) is 3.49. The number of anilines is 1. The maximum atomic E-state index is 12.5. The fraction of sp³-hybridized carbons (Fsp3) is 0.412. The van der Waals surface area contributed by atoms with Crippen molar-refractivity contribution in [1.82, 2.24) is 14.8 Å². The van der Waals surface area contributed by atoms with Crippen LogP contribution < -0.4 is 5.32 Å². The molecule has 4 rings (SSSR count). The summed E-state index contributed by atoms with van der Waals surface area (Å²) in [4.78, 5) is 23.9. The lowest BCUT2D eigenvalue weighted by Crippen LogP contribution is -2.19. The highest BCUT2D eigenvalue weighted by Gasteiger charge is 2.28. The van der Waals surface area contributed by atoms with Gasteiger partial charge in [-0.05, 0) is 49.9 Å². The average molecular weight is 342 g/mol. The van der Waals surface area contributed by atoms with Crippen molar-refractivity contribution in [2.75, 3.05) is 11.1 Å². The average Bonchev–Trinajstić information content (AvgIpc) is 3.35. The first-order valence-electron chi connectivity index (χ1n) is 8.12.